The fraction of sp³-hybridized carbons (Fsp3) is 0.250. The summed E-state index contributed by atoms with van der Waals surface area (Å²) in [6.07, 6.45) is 0.773. The molecule has 2 rings (SSSR count). The Morgan fingerprint density at radius 1 is 1.00 bits per heavy atom. The summed E-state index contributed by atoms with van der Waals surface area (Å²) < 4.78 is 18.8. The summed E-state index contributed by atoms with van der Waals surface area (Å²) in [5.74, 6) is 0.214. The highest BCUT2D eigenvalue weighted by Gasteiger charge is 2.10. The van der Waals surface area contributed by atoms with E-state index in [9.17, 15) is 4.39 Å². The highest BCUT2D eigenvalue weighted by molar-refractivity contribution is 5.24. The van der Waals surface area contributed by atoms with E-state index in [2.05, 4.69) is 12.1 Å². The lowest BCUT2D eigenvalue weighted by atomic mass is 9.96. The van der Waals surface area contributed by atoms with E-state index in [1.165, 1.54) is 11.6 Å². The van der Waals surface area contributed by atoms with Crippen molar-refractivity contribution in [2.75, 3.05) is 13.2 Å². The van der Waals surface area contributed by atoms with Gasteiger partial charge < -0.3 is 10.5 Å². The van der Waals surface area contributed by atoms with Gasteiger partial charge in [-0.05, 0) is 36.6 Å². The van der Waals surface area contributed by atoms with Gasteiger partial charge in [-0.3, -0.25) is 0 Å². The molecule has 3 heteroatoms. The number of nitrogens with two attached hydrogens (primary N) is 1. The molecule has 0 bridgehead atoms. The first kappa shape index (κ1) is 13.6. The third kappa shape index (κ3) is 3.80. The lowest BCUT2D eigenvalue weighted by Crippen LogP contribution is -2.15. The van der Waals surface area contributed by atoms with E-state index in [0.29, 0.717) is 18.9 Å². The van der Waals surface area contributed by atoms with Gasteiger partial charge in [0.15, 0.2) is 11.6 Å². The quantitative estimate of drug-likeness (QED) is 0.863. The summed E-state index contributed by atoms with van der Waals surface area (Å²) in [4.78, 5) is 0. The number of para-hydroxylation sites is 1. The molecule has 0 aromatic heterocycles. The Bertz CT molecular complexity index is 501. The minimum atomic E-state index is -0.327. The molecule has 2 aromatic rings. The maximum Gasteiger partial charge on any atom is 0.165 e. The van der Waals surface area contributed by atoms with Gasteiger partial charge in [0, 0.05) is 0 Å². The molecule has 0 saturated heterocycles. The first-order valence-electron chi connectivity index (χ1n) is 6.43. The molecule has 0 aliphatic heterocycles. The van der Waals surface area contributed by atoms with Crippen LogP contribution >= 0.6 is 0 Å². The molecule has 0 radical (unpaired) electrons. The van der Waals surface area contributed by atoms with Gasteiger partial charge in [0.25, 0.3) is 0 Å². The molecule has 100 valence electrons. The van der Waals surface area contributed by atoms with E-state index in [1.807, 2.05) is 18.2 Å². The lowest BCUT2D eigenvalue weighted by Gasteiger charge is -2.15. The molecule has 2 nitrogen and oxygen atoms in total. The zero-order valence-electron chi connectivity index (χ0n) is 10.8. The molecular formula is C16H18FNO. The number of rotatable bonds is 6. The number of halogens is 1. The minimum Gasteiger partial charge on any atom is -0.490 e. The maximum atomic E-state index is 13.4. The molecule has 1 unspecified atom stereocenters. The van der Waals surface area contributed by atoms with Crippen LogP contribution in [0.25, 0.3) is 0 Å². The van der Waals surface area contributed by atoms with Crippen LogP contribution in [0.5, 0.6) is 5.75 Å². The van der Waals surface area contributed by atoms with Crippen molar-refractivity contribution in [1.82, 2.24) is 0 Å². The number of hydrogen-bond donors (Lipinski definition) is 1. The molecule has 0 aliphatic carbocycles. The molecule has 0 fully saturated rings. The molecule has 0 saturated carbocycles. The molecule has 2 N–H and O–H groups in total. The SMILES string of the molecule is NCC(CCOc1ccccc1F)c1ccccc1. The number of hydrogen-bond acceptors (Lipinski definition) is 2. The van der Waals surface area contributed by atoms with Crippen molar-refractivity contribution in [3.63, 3.8) is 0 Å². The van der Waals surface area contributed by atoms with Gasteiger partial charge in [0.2, 0.25) is 0 Å². The summed E-state index contributed by atoms with van der Waals surface area (Å²) in [5, 5.41) is 0. The van der Waals surface area contributed by atoms with Gasteiger partial charge in [-0.25, -0.2) is 4.39 Å². The van der Waals surface area contributed by atoms with E-state index in [-0.39, 0.29) is 11.7 Å². The largest absolute Gasteiger partial charge is 0.490 e. The lowest BCUT2D eigenvalue weighted by molar-refractivity contribution is 0.284. The summed E-state index contributed by atoms with van der Waals surface area (Å²) in [6, 6.07) is 16.5. The molecule has 1 atom stereocenters. The van der Waals surface area contributed by atoms with Gasteiger partial charge in [-0.15, -0.1) is 0 Å². The summed E-state index contributed by atoms with van der Waals surface area (Å²) in [5.41, 5.74) is 6.98. The fourth-order valence-electron chi connectivity index (χ4n) is 2.02. The second-order valence-corrected chi connectivity index (χ2v) is 4.41. The number of benzene rings is 2. The van der Waals surface area contributed by atoms with Crippen LogP contribution in [0.3, 0.4) is 0 Å². The van der Waals surface area contributed by atoms with E-state index in [0.717, 1.165) is 6.42 Å². The Morgan fingerprint density at radius 2 is 1.68 bits per heavy atom. The average Bonchev–Trinajstić information content (AvgIpc) is 2.46. The monoisotopic (exact) mass is 259 g/mol. The standard InChI is InChI=1S/C16H18FNO/c17-15-8-4-5-9-16(15)19-11-10-14(12-18)13-6-2-1-3-7-13/h1-9,14H,10-12,18H2. The second-order valence-electron chi connectivity index (χ2n) is 4.41. The fourth-order valence-corrected chi connectivity index (χ4v) is 2.02. The Labute approximate surface area is 113 Å². The minimum absolute atomic E-state index is 0.243. The van der Waals surface area contributed by atoms with Crippen molar-refractivity contribution in [3.05, 3.63) is 66.0 Å². The summed E-state index contributed by atoms with van der Waals surface area (Å²) in [7, 11) is 0. The average molecular weight is 259 g/mol. The normalized spacial score (nSPS) is 12.1. The molecule has 0 heterocycles. The van der Waals surface area contributed by atoms with Crippen molar-refractivity contribution in [1.29, 1.82) is 0 Å². The van der Waals surface area contributed by atoms with Crippen molar-refractivity contribution in [2.24, 2.45) is 5.73 Å². The predicted molar refractivity (Wildman–Crippen MR) is 74.7 cm³/mol. The Balaban J connectivity index is 1.89. The van der Waals surface area contributed by atoms with E-state index >= 15 is 0 Å². The van der Waals surface area contributed by atoms with E-state index < -0.39 is 0 Å². The van der Waals surface area contributed by atoms with E-state index in [4.69, 9.17) is 10.5 Å². The van der Waals surface area contributed by atoms with E-state index in [1.54, 1.807) is 18.2 Å². The topological polar surface area (TPSA) is 35.2 Å². The van der Waals surface area contributed by atoms with Crippen molar-refractivity contribution >= 4 is 0 Å². The zero-order chi connectivity index (χ0) is 13.5. The maximum absolute atomic E-state index is 13.4. The highest BCUT2D eigenvalue weighted by atomic mass is 19.1. The van der Waals surface area contributed by atoms with Gasteiger partial charge in [0.05, 0.1) is 6.61 Å². The summed E-state index contributed by atoms with van der Waals surface area (Å²) >= 11 is 0. The molecule has 0 aliphatic rings. The molecular weight excluding hydrogens is 241 g/mol. The highest BCUT2D eigenvalue weighted by Crippen LogP contribution is 2.20. The number of ether oxygens (including phenoxy) is 1. The Hall–Kier alpha value is -1.87. The van der Waals surface area contributed by atoms with Crippen LogP contribution in [0.1, 0.15) is 17.9 Å². The Morgan fingerprint density at radius 3 is 2.37 bits per heavy atom. The molecule has 0 amide bonds. The van der Waals surface area contributed by atoms with Crippen molar-refractivity contribution < 1.29 is 9.13 Å². The van der Waals surface area contributed by atoms with Crippen LogP contribution in [0.2, 0.25) is 0 Å². The van der Waals surface area contributed by atoms with Gasteiger partial charge in [-0.1, -0.05) is 42.5 Å². The van der Waals surface area contributed by atoms with Crippen LogP contribution in [0, 0.1) is 5.82 Å². The molecule has 0 spiro atoms. The third-order valence-corrected chi connectivity index (χ3v) is 3.12. The van der Waals surface area contributed by atoms with Gasteiger partial charge in [0.1, 0.15) is 0 Å². The van der Waals surface area contributed by atoms with Crippen molar-refractivity contribution in [2.45, 2.75) is 12.3 Å². The van der Waals surface area contributed by atoms with Crippen LogP contribution in [-0.2, 0) is 0 Å². The molecule has 19 heavy (non-hydrogen) atoms. The van der Waals surface area contributed by atoms with Crippen molar-refractivity contribution in [3.8, 4) is 5.75 Å². The van der Waals surface area contributed by atoms with Crippen LogP contribution in [-0.4, -0.2) is 13.2 Å². The zero-order valence-corrected chi connectivity index (χ0v) is 10.8. The van der Waals surface area contributed by atoms with Crippen LogP contribution in [0.15, 0.2) is 54.6 Å². The first-order valence-corrected chi connectivity index (χ1v) is 6.43. The second kappa shape index (κ2) is 6.90. The third-order valence-electron chi connectivity index (χ3n) is 3.12. The summed E-state index contributed by atoms with van der Waals surface area (Å²) in [6.45, 7) is 1.02. The smallest absolute Gasteiger partial charge is 0.165 e. The van der Waals surface area contributed by atoms with Gasteiger partial charge in [-0.2, -0.15) is 0 Å². The molecule has 2 aromatic carbocycles. The predicted octanol–water partition coefficient (Wildman–Crippen LogP) is 3.34. The van der Waals surface area contributed by atoms with Crippen LogP contribution in [0.4, 0.5) is 4.39 Å². The van der Waals surface area contributed by atoms with Crippen LogP contribution < -0.4 is 10.5 Å². The first-order chi connectivity index (χ1) is 9.31. The Kier molecular flexibility index (Phi) is 4.93. The van der Waals surface area contributed by atoms with Gasteiger partial charge >= 0.3 is 0 Å².